The Morgan fingerprint density at radius 1 is 1.53 bits per heavy atom. The molecule has 0 atom stereocenters. The Kier molecular flexibility index (Phi) is 3.62. The predicted octanol–water partition coefficient (Wildman–Crippen LogP) is 2.66. The third-order valence-corrected chi connectivity index (χ3v) is 4.00. The summed E-state index contributed by atoms with van der Waals surface area (Å²) in [4.78, 5) is 12.0. The lowest BCUT2D eigenvalue weighted by molar-refractivity contribution is -0.122. The van der Waals surface area contributed by atoms with E-state index < -0.39 is 0 Å². The number of amides is 1. The van der Waals surface area contributed by atoms with Crippen LogP contribution in [0.5, 0.6) is 0 Å². The summed E-state index contributed by atoms with van der Waals surface area (Å²) >= 11 is 9.09. The van der Waals surface area contributed by atoms with Crippen LogP contribution in [0.1, 0.15) is 5.56 Å². The van der Waals surface area contributed by atoms with Gasteiger partial charge in [0.25, 0.3) is 5.91 Å². The largest absolute Gasteiger partial charge is 0.280 e. The first-order valence-electron chi connectivity index (χ1n) is 4.47. The average molecular weight is 333 g/mol. The van der Waals surface area contributed by atoms with Crippen LogP contribution in [0.4, 0.5) is 4.39 Å². The van der Waals surface area contributed by atoms with E-state index in [4.69, 9.17) is 18.1 Å². The third-order valence-electron chi connectivity index (χ3n) is 2.06. The first-order valence-corrected chi connectivity index (χ1v) is 6.48. The quantitative estimate of drug-likeness (QED) is 0.371. The van der Waals surface area contributed by atoms with Crippen LogP contribution in [0.3, 0.4) is 0 Å². The van der Waals surface area contributed by atoms with Gasteiger partial charge in [0, 0.05) is 0 Å². The molecule has 0 unspecified atom stereocenters. The van der Waals surface area contributed by atoms with Crippen molar-refractivity contribution in [3.05, 3.63) is 39.0 Å². The van der Waals surface area contributed by atoms with Crippen LogP contribution in [0.25, 0.3) is 6.08 Å². The van der Waals surface area contributed by atoms with Gasteiger partial charge in [0.15, 0.2) is 4.32 Å². The number of hydrazine groups is 1. The smallest absolute Gasteiger partial charge is 0.267 e. The highest BCUT2D eigenvalue weighted by Gasteiger charge is 2.29. The molecule has 3 nitrogen and oxygen atoms in total. The predicted molar refractivity (Wildman–Crippen MR) is 73.3 cm³/mol. The number of thioether (sulfide) groups is 1. The van der Waals surface area contributed by atoms with Gasteiger partial charge in [-0.15, -0.1) is 0 Å². The van der Waals surface area contributed by atoms with Crippen molar-refractivity contribution < 1.29 is 9.18 Å². The molecule has 0 aliphatic carbocycles. The van der Waals surface area contributed by atoms with E-state index in [2.05, 4.69) is 15.9 Å². The zero-order chi connectivity index (χ0) is 12.6. The van der Waals surface area contributed by atoms with Gasteiger partial charge in [0.2, 0.25) is 0 Å². The highest BCUT2D eigenvalue weighted by atomic mass is 79.9. The van der Waals surface area contributed by atoms with Crippen molar-refractivity contribution >= 4 is 56.2 Å². The number of carbonyl (C=O) groups is 1. The number of benzene rings is 1. The van der Waals surface area contributed by atoms with Crippen LogP contribution < -0.4 is 5.84 Å². The molecule has 1 aliphatic rings. The van der Waals surface area contributed by atoms with Crippen molar-refractivity contribution in [1.29, 1.82) is 0 Å². The lowest BCUT2D eigenvalue weighted by Crippen LogP contribution is -2.34. The number of rotatable bonds is 1. The summed E-state index contributed by atoms with van der Waals surface area (Å²) in [5, 5.41) is 0.921. The van der Waals surface area contributed by atoms with Crippen molar-refractivity contribution in [2.24, 2.45) is 5.84 Å². The fourth-order valence-corrected chi connectivity index (χ4v) is 2.73. The Bertz CT molecular complexity index is 547. The summed E-state index contributed by atoms with van der Waals surface area (Å²) in [5.41, 5.74) is 0.701. The van der Waals surface area contributed by atoms with Gasteiger partial charge >= 0.3 is 0 Å². The molecular formula is C10H6BrFN2OS2. The van der Waals surface area contributed by atoms with E-state index in [9.17, 15) is 9.18 Å². The topological polar surface area (TPSA) is 46.3 Å². The van der Waals surface area contributed by atoms with Crippen LogP contribution in [-0.4, -0.2) is 15.2 Å². The number of halogens is 2. The SMILES string of the molecule is NN1C(=O)C(=Cc2ccc(F)c(Br)c2)SC1=S. The fourth-order valence-electron chi connectivity index (χ4n) is 1.23. The summed E-state index contributed by atoms with van der Waals surface area (Å²) in [7, 11) is 0. The third kappa shape index (κ3) is 2.57. The summed E-state index contributed by atoms with van der Waals surface area (Å²) in [6.07, 6.45) is 1.62. The molecule has 1 saturated heterocycles. The molecule has 1 fully saturated rings. The Balaban J connectivity index is 2.34. The van der Waals surface area contributed by atoms with Gasteiger partial charge in [-0.1, -0.05) is 30.0 Å². The van der Waals surface area contributed by atoms with E-state index in [1.807, 2.05) is 0 Å². The average Bonchev–Trinajstić information content (AvgIpc) is 2.52. The van der Waals surface area contributed by atoms with Crippen molar-refractivity contribution in [3.8, 4) is 0 Å². The van der Waals surface area contributed by atoms with Crippen LogP contribution >= 0.6 is 39.9 Å². The van der Waals surface area contributed by atoms with Crippen molar-refractivity contribution in [2.75, 3.05) is 0 Å². The van der Waals surface area contributed by atoms with Gasteiger partial charge in [-0.2, -0.15) is 0 Å². The first-order chi connectivity index (χ1) is 7.99. The second-order valence-corrected chi connectivity index (χ2v) is 5.76. The van der Waals surface area contributed by atoms with Crippen molar-refractivity contribution in [2.45, 2.75) is 0 Å². The molecule has 0 saturated carbocycles. The molecule has 1 aromatic carbocycles. The second-order valence-electron chi connectivity index (χ2n) is 3.23. The van der Waals surface area contributed by atoms with E-state index >= 15 is 0 Å². The van der Waals surface area contributed by atoms with E-state index in [0.29, 0.717) is 19.3 Å². The molecule has 0 aromatic heterocycles. The molecule has 0 spiro atoms. The van der Waals surface area contributed by atoms with E-state index in [1.165, 1.54) is 6.07 Å². The van der Waals surface area contributed by atoms with Gasteiger partial charge in [0.1, 0.15) is 5.82 Å². The van der Waals surface area contributed by atoms with Crippen LogP contribution in [0, 0.1) is 5.82 Å². The van der Waals surface area contributed by atoms with Gasteiger partial charge < -0.3 is 0 Å². The van der Waals surface area contributed by atoms with Crippen LogP contribution in [-0.2, 0) is 4.79 Å². The number of thiocarbonyl (C=S) groups is 1. The number of nitrogens with two attached hydrogens (primary N) is 1. The molecule has 1 heterocycles. The first kappa shape index (κ1) is 12.7. The molecule has 17 heavy (non-hydrogen) atoms. The summed E-state index contributed by atoms with van der Waals surface area (Å²) in [5.74, 6) is 4.73. The molecule has 0 radical (unpaired) electrons. The molecule has 1 aliphatic heterocycles. The van der Waals surface area contributed by atoms with Gasteiger partial charge in [-0.25, -0.2) is 15.2 Å². The second kappa shape index (κ2) is 4.85. The zero-order valence-electron chi connectivity index (χ0n) is 8.31. The normalized spacial score (nSPS) is 18.3. The Hall–Kier alpha value is -0.760. The van der Waals surface area contributed by atoms with E-state index in [-0.39, 0.29) is 11.7 Å². The molecule has 1 amide bonds. The number of hydrogen-bond donors (Lipinski definition) is 1. The molecule has 0 bridgehead atoms. The van der Waals surface area contributed by atoms with Gasteiger partial charge in [-0.3, -0.25) is 4.79 Å². The number of hydrogen-bond acceptors (Lipinski definition) is 4. The van der Waals surface area contributed by atoms with Crippen molar-refractivity contribution in [1.82, 2.24) is 5.01 Å². The van der Waals surface area contributed by atoms with E-state index in [0.717, 1.165) is 16.8 Å². The van der Waals surface area contributed by atoms with E-state index in [1.54, 1.807) is 18.2 Å². The summed E-state index contributed by atoms with van der Waals surface area (Å²) in [6, 6.07) is 4.47. The lowest BCUT2D eigenvalue weighted by atomic mass is 10.2. The highest BCUT2D eigenvalue weighted by molar-refractivity contribution is 9.10. The maximum Gasteiger partial charge on any atom is 0.280 e. The molecule has 2 N–H and O–H groups in total. The fraction of sp³-hybridized carbons (Fsp3) is 0. The minimum Gasteiger partial charge on any atom is -0.267 e. The monoisotopic (exact) mass is 332 g/mol. The zero-order valence-corrected chi connectivity index (χ0v) is 11.5. The number of carbonyl (C=O) groups excluding carboxylic acids is 1. The standard InChI is InChI=1S/C10H6BrFN2OS2/c11-6-3-5(1-2-7(6)12)4-8-9(15)14(13)10(16)17-8/h1-4H,13H2. The molecule has 2 rings (SSSR count). The lowest BCUT2D eigenvalue weighted by Gasteiger charge is -2.03. The molecule has 1 aromatic rings. The molecule has 7 heteroatoms. The Labute approximate surface area is 115 Å². The van der Waals surface area contributed by atoms with Gasteiger partial charge in [0.05, 0.1) is 9.38 Å². The Morgan fingerprint density at radius 2 is 2.24 bits per heavy atom. The van der Waals surface area contributed by atoms with Gasteiger partial charge in [-0.05, 0) is 39.7 Å². The summed E-state index contributed by atoms with van der Waals surface area (Å²) in [6.45, 7) is 0. The van der Waals surface area contributed by atoms with Crippen molar-refractivity contribution in [3.63, 3.8) is 0 Å². The van der Waals surface area contributed by atoms with Crippen LogP contribution in [0.2, 0.25) is 0 Å². The Morgan fingerprint density at radius 3 is 2.76 bits per heavy atom. The summed E-state index contributed by atoms with van der Waals surface area (Å²) < 4.78 is 13.7. The molecule has 88 valence electrons. The van der Waals surface area contributed by atoms with Crippen LogP contribution in [0.15, 0.2) is 27.6 Å². The molecular weight excluding hydrogens is 327 g/mol. The minimum atomic E-state index is -0.353. The maximum atomic E-state index is 13.0. The highest BCUT2D eigenvalue weighted by Crippen LogP contribution is 2.31. The number of nitrogens with zero attached hydrogens (tertiary/aromatic N) is 1. The minimum absolute atomic E-state index is 0.308. The maximum absolute atomic E-state index is 13.0.